The predicted molar refractivity (Wildman–Crippen MR) is 103 cm³/mol. The van der Waals surface area contributed by atoms with E-state index < -0.39 is 11.2 Å². The standard InChI is InChI=1S/C19H30N4O3/c1-4-5-6-7-8-9-10-11-12-13-15(24)23-14-20-17-16(23)18(25)22(3)19(26)21(17)2/h14H,4-13H2,1-3H3. The van der Waals surface area contributed by atoms with Crippen LogP contribution in [0.2, 0.25) is 0 Å². The summed E-state index contributed by atoms with van der Waals surface area (Å²) in [6.45, 7) is 2.22. The molecule has 0 saturated heterocycles. The van der Waals surface area contributed by atoms with E-state index in [4.69, 9.17) is 0 Å². The number of unbranched alkanes of at least 4 members (excludes halogenated alkanes) is 8. The Kier molecular flexibility index (Phi) is 7.36. The number of hydrogen-bond acceptors (Lipinski definition) is 4. The van der Waals surface area contributed by atoms with E-state index in [0.29, 0.717) is 6.42 Å². The van der Waals surface area contributed by atoms with Gasteiger partial charge in [-0.3, -0.25) is 23.3 Å². The van der Waals surface area contributed by atoms with E-state index in [2.05, 4.69) is 11.9 Å². The number of aromatic nitrogens is 4. The summed E-state index contributed by atoms with van der Waals surface area (Å²) in [5.74, 6) is -0.147. The van der Waals surface area contributed by atoms with E-state index in [9.17, 15) is 14.4 Å². The van der Waals surface area contributed by atoms with Crippen molar-refractivity contribution in [3.05, 3.63) is 27.2 Å². The van der Waals surface area contributed by atoms with Crippen LogP contribution < -0.4 is 11.2 Å². The molecule has 2 rings (SSSR count). The second-order valence-corrected chi connectivity index (χ2v) is 6.96. The van der Waals surface area contributed by atoms with Gasteiger partial charge in [-0.2, -0.15) is 0 Å². The molecule has 0 bridgehead atoms. The maximum Gasteiger partial charge on any atom is 0.332 e. The molecule has 0 aliphatic rings. The van der Waals surface area contributed by atoms with Gasteiger partial charge in [0.1, 0.15) is 6.33 Å². The highest BCUT2D eigenvalue weighted by Gasteiger charge is 2.17. The highest BCUT2D eigenvalue weighted by molar-refractivity contribution is 5.88. The zero-order chi connectivity index (χ0) is 19.1. The molecule has 144 valence electrons. The first kappa shape index (κ1) is 20.1. The molecule has 0 saturated carbocycles. The van der Waals surface area contributed by atoms with Crippen molar-refractivity contribution in [3.8, 4) is 0 Å². The lowest BCUT2D eigenvalue weighted by Gasteiger charge is -2.06. The van der Waals surface area contributed by atoms with Gasteiger partial charge in [-0.1, -0.05) is 58.3 Å². The second kappa shape index (κ2) is 9.50. The zero-order valence-corrected chi connectivity index (χ0v) is 16.2. The van der Waals surface area contributed by atoms with Crippen molar-refractivity contribution in [2.45, 2.75) is 71.1 Å². The molecule has 0 fully saturated rings. The number of carbonyl (C=O) groups excluding carboxylic acids is 1. The summed E-state index contributed by atoms with van der Waals surface area (Å²) in [6, 6.07) is 0. The number of carbonyl (C=O) groups is 1. The van der Waals surface area contributed by atoms with Crippen molar-refractivity contribution in [3.63, 3.8) is 0 Å². The summed E-state index contributed by atoms with van der Waals surface area (Å²) < 4.78 is 3.59. The summed E-state index contributed by atoms with van der Waals surface area (Å²) in [4.78, 5) is 40.8. The van der Waals surface area contributed by atoms with Crippen molar-refractivity contribution in [2.75, 3.05) is 0 Å². The SMILES string of the molecule is CCCCCCCCCCCC(=O)n1cnc2c1c(=O)n(C)c(=O)n2C. The van der Waals surface area contributed by atoms with Crippen LogP contribution in [-0.2, 0) is 14.1 Å². The minimum absolute atomic E-state index is 0.147. The lowest BCUT2D eigenvalue weighted by Crippen LogP contribution is -2.38. The van der Waals surface area contributed by atoms with Crippen LogP contribution in [0.25, 0.3) is 11.2 Å². The van der Waals surface area contributed by atoms with Crippen molar-refractivity contribution < 1.29 is 4.79 Å². The quantitative estimate of drug-likeness (QED) is 0.609. The van der Waals surface area contributed by atoms with Gasteiger partial charge in [0, 0.05) is 20.5 Å². The maximum atomic E-state index is 12.5. The average Bonchev–Trinajstić information content (AvgIpc) is 3.08. The van der Waals surface area contributed by atoms with Crippen LogP contribution >= 0.6 is 0 Å². The van der Waals surface area contributed by atoms with Crippen molar-refractivity contribution >= 4 is 17.1 Å². The normalized spacial score (nSPS) is 11.3. The number of rotatable bonds is 10. The van der Waals surface area contributed by atoms with Crippen LogP contribution in [0.4, 0.5) is 0 Å². The highest BCUT2D eigenvalue weighted by atomic mass is 16.2. The molecule has 2 heterocycles. The molecular formula is C19H30N4O3. The zero-order valence-electron chi connectivity index (χ0n) is 16.2. The molecule has 0 unspecified atom stereocenters. The van der Waals surface area contributed by atoms with E-state index >= 15 is 0 Å². The fourth-order valence-corrected chi connectivity index (χ4v) is 3.24. The minimum atomic E-state index is -0.485. The van der Waals surface area contributed by atoms with E-state index in [-0.39, 0.29) is 17.1 Å². The van der Waals surface area contributed by atoms with Gasteiger partial charge in [0.2, 0.25) is 5.91 Å². The minimum Gasteiger partial charge on any atom is -0.279 e. The van der Waals surface area contributed by atoms with Gasteiger partial charge in [-0.05, 0) is 6.42 Å². The Bertz CT molecular complexity index is 860. The fourth-order valence-electron chi connectivity index (χ4n) is 3.24. The molecule has 7 nitrogen and oxygen atoms in total. The first-order chi connectivity index (χ1) is 12.5. The Balaban J connectivity index is 1.89. The first-order valence-electron chi connectivity index (χ1n) is 9.65. The topological polar surface area (TPSA) is 78.9 Å². The highest BCUT2D eigenvalue weighted by Crippen LogP contribution is 2.12. The molecule has 0 radical (unpaired) electrons. The lowest BCUT2D eigenvalue weighted by molar-refractivity contribution is 0.0903. The summed E-state index contributed by atoms with van der Waals surface area (Å²) in [6.07, 6.45) is 12.4. The molecule has 0 aliphatic carbocycles. The molecule has 26 heavy (non-hydrogen) atoms. The van der Waals surface area contributed by atoms with E-state index in [1.54, 1.807) is 7.05 Å². The molecular weight excluding hydrogens is 332 g/mol. The Morgan fingerprint density at radius 3 is 2.12 bits per heavy atom. The summed E-state index contributed by atoms with van der Waals surface area (Å²) >= 11 is 0. The fraction of sp³-hybridized carbons (Fsp3) is 0.684. The Labute approximate surface area is 153 Å². The van der Waals surface area contributed by atoms with Gasteiger partial charge in [0.05, 0.1) is 0 Å². The van der Waals surface area contributed by atoms with Crippen LogP contribution in [0.3, 0.4) is 0 Å². The van der Waals surface area contributed by atoms with Gasteiger partial charge < -0.3 is 0 Å². The molecule has 0 amide bonds. The number of aryl methyl sites for hydroxylation is 1. The summed E-state index contributed by atoms with van der Waals surface area (Å²) in [5, 5.41) is 0. The van der Waals surface area contributed by atoms with Crippen LogP contribution in [0.5, 0.6) is 0 Å². The molecule has 7 heteroatoms. The van der Waals surface area contributed by atoms with Crippen molar-refractivity contribution in [1.29, 1.82) is 0 Å². The number of imidazole rings is 1. The molecule has 2 aromatic rings. The smallest absolute Gasteiger partial charge is 0.279 e. The van der Waals surface area contributed by atoms with Gasteiger partial charge in [0.15, 0.2) is 11.2 Å². The molecule has 2 aromatic heterocycles. The predicted octanol–water partition coefficient (Wildman–Crippen LogP) is 2.99. The number of nitrogens with zero attached hydrogens (tertiary/aromatic N) is 4. The van der Waals surface area contributed by atoms with Crippen LogP contribution in [0.15, 0.2) is 15.9 Å². The third kappa shape index (κ3) is 4.51. The molecule has 0 spiro atoms. The van der Waals surface area contributed by atoms with Crippen molar-refractivity contribution in [2.24, 2.45) is 14.1 Å². The van der Waals surface area contributed by atoms with E-state index in [1.807, 2.05) is 0 Å². The molecule has 0 aromatic carbocycles. The monoisotopic (exact) mass is 362 g/mol. The van der Waals surface area contributed by atoms with Crippen LogP contribution in [0, 0.1) is 0 Å². The van der Waals surface area contributed by atoms with Gasteiger partial charge in [-0.25, -0.2) is 9.78 Å². The second-order valence-electron chi connectivity index (χ2n) is 6.96. The largest absolute Gasteiger partial charge is 0.332 e. The van der Waals surface area contributed by atoms with E-state index in [1.165, 1.54) is 61.0 Å². The van der Waals surface area contributed by atoms with Gasteiger partial charge in [-0.15, -0.1) is 0 Å². The van der Waals surface area contributed by atoms with Crippen LogP contribution in [-0.4, -0.2) is 24.6 Å². The molecule has 0 N–H and O–H groups in total. The third-order valence-corrected chi connectivity index (χ3v) is 4.91. The summed E-state index contributed by atoms with van der Waals surface area (Å²) in [7, 11) is 2.96. The number of fused-ring (bicyclic) bond motifs is 1. The molecule has 0 aliphatic heterocycles. The summed E-state index contributed by atoms with van der Waals surface area (Å²) in [5.41, 5.74) is -0.505. The first-order valence-corrected chi connectivity index (χ1v) is 9.65. The number of hydrogen-bond donors (Lipinski definition) is 0. The van der Waals surface area contributed by atoms with Crippen molar-refractivity contribution in [1.82, 2.24) is 18.7 Å². The van der Waals surface area contributed by atoms with Gasteiger partial charge in [0.25, 0.3) is 5.56 Å². The Hall–Kier alpha value is -2.18. The van der Waals surface area contributed by atoms with Crippen LogP contribution in [0.1, 0.15) is 75.9 Å². The third-order valence-electron chi connectivity index (χ3n) is 4.91. The maximum absolute atomic E-state index is 12.5. The van der Waals surface area contributed by atoms with Gasteiger partial charge >= 0.3 is 5.69 Å². The molecule has 0 atom stereocenters. The lowest BCUT2D eigenvalue weighted by atomic mass is 10.1. The average molecular weight is 362 g/mol. The Morgan fingerprint density at radius 1 is 0.923 bits per heavy atom. The van der Waals surface area contributed by atoms with E-state index in [0.717, 1.165) is 23.8 Å². The Morgan fingerprint density at radius 2 is 1.50 bits per heavy atom.